The van der Waals surface area contributed by atoms with E-state index < -0.39 is 17.7 Å². The molecule has 0 unspecified atom stereocenters. The first-order valence-corrected chi connectivity index (χ1v) is 7.12. The molecule has 0 radical (unpaired) electrons. The van der Waals surface area contributed by atoms with Crippen LogP contribution < -0.4 is 21.4 Å². The number of hydrogen-bond donors (Lipinski definition) is 3. The average molecular weight is 356 g/mol. The number of halogens is 1. The van der Waals surface area contributed by atoms with Gasteiger partial charge in [0, 0.05) is 11.2 Å². The molecule has 1 aliphatic heterocycles. The van der Waals surface area contributed by atoms with Crippen molar-refractivity contribution >= 4 is 70.0 Å². The molecular formula is C12H10ClN5O2S2. The number of hydrazone groups is 1. The van der Waals surface area contributed by atoms with E-state index >= 15 is 0 Å². The summed E-state index contributed by atoms with van der Waals surface area (Å²) in [4.78, 5) is 25.5. The van der Waals surface area contributed by atoms with E-state index in [1.807, 2.05) is 0 Å². The average Bonchev–Trinajstić information content (AvgIpc) is 2.44. The van der Waals surface area contributed by atoms with Crippen LogP contribution in [-0.2, 0) is 9.59 Å². The first-order chi connectivity index (χ1) is 10.4. The summed E-state index contributed by atoms with van der Waals surface area (Å²) in [6.45, 7) is 0. The highest BCUT2D eigenvalue weighted by molar-refractivity contribution is 7.80. The van der Waals surface area contributed by atoms with Gasteiger partial charge in [-0.2, -0.15) is 5.10 Å². The molecule has 1 aliphatic rings. The summed E-state index contributed by atoms with van der Waals surface area (Å²) in [6, 6.07) is 6.46. The zero-order chi connectivity index (χ0) is 16.3. The summed E-state index contributed by atoms with van der Waals surface area (Å²) in [5.41, 5.74) is 7.98. The van der Waals surface area contributed by atoms with Crippen molar-refractivity contribution in [1.29, 1.82) is 0 Å². The topological polar surface area (TPSA) is 99.8 Å². The predicted octanol–water partition coefficient (Wildman–Crippen LogP) is 0.523. The summed E-state index contributed by atoms with van der Waals surface area (Å²) < 4.78 is 0. The van der Waals surface area contributed by atoms with Gasteiger partial charge in [-0.1, -0.05) is 11.6 Å². The van der Waals surface area contributed by atoms with Crippen LogP contribution in [0.15, 0.2) is 29.4 Å². The number of nitrogens with zero attached hydrogens (tertiary/aromatic N) is 2. The van der Waals surface area contributed by atoms with Crippen molar-refractivity contribution < 1.29 is 9.59 Å². The fourth-order valence-corrected chi connectivity index (χ4v) is 2.21. The van der Waals surface area contributed by atoms with Gasteiger partial charge in [0.15, 0.2) is 16.1 Å². The normalized spacial score (nSPS) is 18.5. The fraction of sp³-hybridized carbons (Fsp3) is 0.0833. The Hall–Kier alpha value is -2.10. The van der Waals surface area contributed by atoms with Gasteiger partial charge in [0.2, 0.25) is 5.91 Å². The molecule has 1 heterocycles. The zero-order valence-electron chi connectivity index (χ0n) is 10.9. The number of thiocarbonyl (C=S) groups is 2. The van der Waals surface area contributed by atoms with Crippen molar-refractivity contribution in [3.8, 4) is 0 Å². The van der Waals surface area contributed by atoms with Gasteiger partial charge in [0.1, 0.15) is 0 Å². The smallest absolute Gasteiger partial charge is 0.251 e. The van der Waals surface area contributed by atoms with Gasteiger partial charge in [-0.05, 0) is 48.7 Å². The number of carbonyl (C=O) groups is 2. The molecule has 0 aromatic heterocycles. The van der Waals surface area contributed by atoms with Gasteiger partial charge in [-0.3, -0.25) is 19.9 Å². The van der Waals surface area contributed by atoms with Crippen LogP contribution in [0.3, 0.4) is 0 Å². The summed E-state index contributed by atoms with van der Waals surface area (Å²) >= 11 is 15.4. The highest BCUT2D eigenvalue weighted by Crippen LogP contribution is 2.22. The maximum atomic E-state index is 12.5. The highest BCUT2D eigenvalue weighted by atomic mass is 35.5. The van der Waals surface area contributed by atoms with E-state index in [2.05, 4.69) is 28.1 Å². The molecule has 1 atom stereocenters. The number of rotatable bonds is 3. The van der Waals surface area contributed by atoms with Crippen molar-refractivity contribution in [2.45, 2.75) is 0 Å². The maximum absolute atomic E-state index is 12.5. The highest BCUT2D eigenvalue weighted by Gasteiger charge is 2.38. The van der Waals surface area contributed by atoms with E-state index in [1.165, 1.54) is 4.90 Å². The minimum Gasteiger partial charge on any atom is -0.375 e. The van der Waals surface area contributed by atoms with Gasteiger partial charge in [-0.15, -0.1) is 0 Å². The second kappa shape index (κ2) is 6.77. The van der Waals surface area contributed by atoms with Crippen LogP contribution in [0.2, 0.25) is 5.02 Å². The molecule has 2 amide bonds. The molecular weight excluding hydrogens is 346 g/mol. The number of carbonyl (C=O) groups excluding carboxylic acids is 2. The van der Waals surface area contributed by atoms with Crippen LogP contribution in [0.25, 0.3) is 0 Å². The number of benzene rings is 1. The van der Waals surface area contributed by atoms with Gasteiger partial charge in [0.25, 0.3) is 5.91 Å². The van der Waals surface area contributed by atoms with Crippen molar-refractivity contribution in [2.24, 2.45) is 16.8 Å². The third-order valence-corrected chi connectivity index (χ3v) is 3.31. The molecule has 22 heavy (non-hydrogen) atoms. The molecule has 1 aromatic carbocycles. The van der Waals surface area contributed by atoms with Crippen LogP contribution >= 0.6 is 36.0 Å². The van der Waals surface area contributed by atoms with Gasteiger partial charge >= 0.3 is 0 Å². The van der Waals surface area contributed by atoms with Crippen molar-refractivity contribution in [2.75, 3.05) is 4.90 Å². The van der Waals surface area contributed by atoms with Crippen LogP contribution in [-0.4, -0.2) is 28.3 Å². The molecule has 0 bridgehead atoms. The number of amides is 2. The van der Waals surface area contributed by atoms with E-state index in [1.54, 1.807) is 24.3 Å². The monoisotopic (exact) mass is 355 g/mol. The number of nitrogens with one attached hydrogen (secondary N) is 2. The minimum atomic E-state index is -1.15. The first kappa shape index (κ1) is 16.3. The van der Waals surface area contributed by atoms with Gasteiger partial charge in [-0.25, -0.2) is 0 Å². The van der Waals surface area contributed by atoms with Gasteiger partial charge < -0.3 is 11.1 Å². The second-order valence-corrected chi connectivity index (χ2v) is 5.44. The number of anilines is 1. The molecule has 10 heteroatoms. The van der Waals surface area contributed by atoms with Crippen LogP contribution in [0.1, 0.15) is 0 Å². The van der Waals surface area contributed by atoms with Crippen LogP contribution in [0, 0.1) is 5.92 Å². The van der Waals surface area contributed by atoms with Crippen molar-refractivity contribution in [1.82, 2.24) is 10.7 Å². The van der Waals surface area contributed by atoms with E-state index in [4.69, 9.17) is 29.6 Å². The van der Waals surface area contributed by atoms with Gasteiger partial charge in [0.05, 0.1) is 5.69 Å². The molecule has 7 nitrogen and oxygen atoms in total. The summed E-state index contributed by atoms with van der Waals surface area (Å²) in [5.74, 6) is -2.26. The molecule has 2 rings (SSSR count). The Bertz CT molecular complexity index is 677. The lowest BCUT2D eigenvalue weighted by Gasteiger charge is -2.30. The fourth-order valence-electron chi connectivity index (χ4n) is 1.73. The molecule has 0 spiro atoms. The third-order valence-electron chi connectivity index (χ3n) is 2.69. The summed E-state index contributed by atoms with van der Waals surface area (Å²) in [5, 5.41) is 6.52. The lowest BCUT2D eigenvalue weighted by Crippen LogP contribution is -2.58. The van der Waals surface area contributed by atoms with Crippen molar-refractivity contribution in [3.63, 3.8) is 0 Å². The summed E-state index contributed by atoms with van der Waals surface area (Å²) in [7, 11) is 0. The molecule has 1 saturated heterocycles. The minimum absolute atomic E-state index is 0.00993. The Morgan fingerprint density at radius 3 is 2.64 bits per heavy atom. The Morgan fingerprint density at radius 1 is 1.41 bits per heavy atom. The second-order valence-electron chi connectivity index (χ2n) is 4.18. The van der Waals surface area contributed by atoms with E-state index in [0.29, 0.717) is 10.7 Å². The summed E-state index contributed by atoms with van der Waals surface area (Å²) in [6.07, 6.45) is 1.11. The van der Waals surface area contributed by atoms with E-state index in [-0.39, 0.29) is 10.2 Å². The van der Waals surface area contributed by atoms with Crippen LogP contribution in [0.4, 0.5) is 5.69 Å². The van der Waals surface area contributed by atoms with E-state index in [0.717, 1.165) is 6.21 Å². The zero-order valence-corrected chi connectivity index (χ0v) is 13.3. The quantitative estimate of drug-likeness (QED) is 0.316. The Morgan fingerprint density at radius 2 is 2.05 bits per heavy atom. The lowest BCUT2D eigenvalue weighted by molar-refractivity contribution is -0.130. The first-order valence-electron chi connectivity index (χ1n) is 5.93. The number of hydrogen-bond acceptors (Lipinski definition) is 5. The largest absolute Gasteiger partial charge is 0.375 e. The molecule has 1 fully saturated rings. The molecule has 0 aliphatic carbocycles. The van der Waals surface area contributed by atoms with E-state index in [9.17, 15) is 9.59 Å². The SMILES string of the molecule is NC(=S)N/N=C\[C@@H]1C(=O)NC(=S)N(c2ccc(Cl)cc2)C1=O. The van der Waals surface area contributed by atoms with Crippen LogP contribution in [0.5, 0.6) is 0 Å². The molecule has 1 aromatic rings. The third kappa shape index (κ3) is 3.56. The number of nitrogens with two attached hydrogens (primary N) is 1. The Kier molecular flexibility index (Phi) is 5.01. The Balaban J connectivity index is 2.27. The molecule has 4 N–H and O–H groups in total. The maximum Gasteiger partial charge on any atom is 0.251 e. The predicted molar refractivity (Wildman–Crippen MR) is 91.6 cm³/mol. The molecule has 0 saturated carbocycles. The standard InChI is InChI=1S/C12H10ClN5O2S2/c13-6-1-3-7(4-2-6)18-10(20)8(5-15-17-11(14)21)9(19)16-12(18)22/h1-5,8H,(H3,14,17,21)(H,16,19,22)/b15-5-/t8-/m1/s1. The molecule has 114 valence electrons. The lowest BCUT2D eigenvalue weighted by atomic mass is 10.1. The van der Waals surface area contributed by atoms with Crippen molar-refractivity contribution in [3.05, 3.63) is 29.3 Å². The Labute approximate surface area is 141 Å².